The van der Waals surface area contributed by atoms with Gasteiger partial charge in [-0.1, -0.05) is 37.1 Å². The Balaban J connectivity index is 1.37. The van der Waals surface area contributed by atoms with Gasteiger partial charge < -0.3 is 14.5 Å². The number of benzene rings is 2. The van der Waals surface area contributed by atoms with Crippen molar-refractivity contribution in [3.05, 3.63) is 60.2 Å². The van der Waals surface area contributed by atoms with Gasteiger partial charge in [-0.3, -0.25) is 9.59 Å². The highest BCUT2D eigenvalue weighted by atomic mass is 16.5. The van der Waals surface area contributed by atoms with Gasteiger partial charge in [0, 0.05) is 44.1 Å². The number of amides is 2. The van der Waals surface area contributed by atoms with Gasteiger partial charge in [-0.25, -0.2) is 0 Å². The maximum absolute atomic E-state index is 12.9. The number of ether oxygens (including phenoxy) is 1. The van der Waals surface area contributed by atoms with Crippen molar-refractivity contribution >= 4 is 11.8 Å². The third-order valence-corrected chi connectivity index (χ3v) is 5.94. The van der Waals surface area contributed by atoms with Crippen molar-refractivity contribution in [3.63, 3.8) is 0 Å². The van der Waals surface area contributed by atoms with Crippen LogP contribution in [0.1, 0.15) is 42.5 Å². The molecule has 2 fully saturated rings. The van der Waals surface area contributed by atoms with E-state index in [0.717, 1.165) is 25.1 Å². The molecule has 1 aliphatic carbocycles. The van der Waals surface area contributed by atoms with E-state index in [-0.39, 0.29) is 17.7 Å². The summed E-state index contributed by atoms with van der Waals surface area (Å²) in [5, 5.41) is 0. The standard InChI is InChI=1S/C24H28N2O3/c1-25(16-18-14-23(27)26(17-18)20-9-5-6-10-20)24(28)19-8-7-13-22(15-19)29-21-11-3-2-4-12-21/h2-4,7-8,11-13,15,18,20H,5-6,9-10,14,16-17H2,1H3. The van der Waals surface area contributed by atoms with Gasteiger partial charge in [0.15, 0.2) is 0 Å². The van der Waals surface area contributed by atoms with Crippen molar-refractivity contribution in [1.29, 1.82) is 0 Å². The summed E-state index contributed by atoms with van der Waals surface area (Å²) in [5.74, 6) is 1.79. The van der Waals surface area contributed by atoms with Crippen LogP contribution in [0.3, 0.4) is 0 Å². The maximum atomic E-state index is 12.9. The summed E-state index contributed by atoms with van der Waals surface area (Å²) in [7, 11) is 1.82. The van der Waals surface area contributed by atoms with Crippen LogP contribution < -0.4 is 4.74 Å². The lowest BCUT2D eigenvalue weighted by molar-refractivity contribution is -0.129. The molecule has 0 radical (unpaired) electrons. The van der Waals surface area contributed by atoms with Crippen LogP contribution in [0, 0.1) is 5.92 Å². The number of carbonyl (C=O) groups is 2. The van der Waals surface area contributed by atoms with E-state index >= 15 is 0 Å². The molecule has 2 aliphatic rings. The highest BCUT2D eigenvalue weighted by Crippen LogP contribution is 2.30. The van der Waals surface area contributed by atoms with E-state index in [1.807, 2.05) is 49.5 Å². The normalized spacial score (nSPS) is 19.6. The predicted octanol–water partition coefficient (Wildman–Crippen LogP) is 4.34. The Labute approximate surface area is 172 Å². The monoisotopic (exact) mass is 392 g/mol. The van der Waals surface area contributed by atoms with E-state index in [9.17, 15) is 9.59 Å². The van der Waals surface area contributed by atoms with Crippen molar-refractivity contribution in [2.45, 2.75) is 38.1 Å². The van der Waals surface area contributed by atoms with E-state index in [4.69, 9.17) is 4.74 Å². The molecule has 2 aromatic carbocycles. The molecule has 1 saturated carbocycles. The van der Waals surface area contributed by atoms with Gasteiger partial charge in [-0.15, -0.1) is 0 Å². The first kappa shape index (κ1) is 19.5. The van der Waals surface area contributed by atoms with Gasteiger partial charge >= 0.3 is 0 Å². The van der Waals surface area contributed by atoms with Crippen LogP contribution >= 0.6 is 0 Å². The summed E-state index contributed by atoms with van der Waals surface area (Å²) in [6, 6.07) is 17.2. The molecule has 1 aliphatic heterocycles. The van der Waals surface area contributed by atoms with E-state index < -0.39 is 0 Å². The fourth-order valence-corrected chi connectivity index (χ4v) is 4.51. The zero-order chi connectivity index (χ0) is 20.2. The lowest BCUT2D eigenvalue weighted by Gasteiger charge is -2.25. The molecule has 5 heteroatoms. The van der Waals surface area contributed by atoms with E-state index in [0.29, 0.717) is 30.3 Å². The van der Waals surface area contributed by atoms with Crippen molar-refractivity contribution < 1.29 is 14.3 Å². The van der Waals surface area contributed by atoms with Gasteiger partial charge in [0.1, 0.15) is 11.5 Å². The molecule has 2 aromatic rings. The van der Waals surface area contributed by atoms with Crippen LogP contribution in [-0.2, 0) is 4.79 Å². The summed E-state index contributed by atoms with van der Waals surface area (Å²) in [5.41, 5.74) is 0.595. The predicted molar refractivity (Wildman–Crippen MR) is 112 cm³/mol. The SMILES string of the molecule is CN(CC1CC(=O)N(C2CCCC2)C1)C(=O)c1cccc(Oc2ccccc2)c1. The van der Waals surface area contributed by atoms with Crippen LogP contribution in [0.4, 0.5) is 0 Å². The van der Waals surface area contributed by atoms with Crippen molar-refractivity contribution in [3.8, 4) is 11.5 Å². The molecule has 29 heavy (non-hydrogen) atoms. The summed E-state index contributed by atoms with van der Waals surface area (Å²) in [6.45, 7) is 1.37. The minimum Gasteiger partial charge on any atom is -0.457 e. The number of carbonyl (C=O) groups excluding carboxylic acids is 2. The average molecular weight is 392 g/mol. The molecule has 1 unspecified atom stereocenters. The number of nitrogens with zero attached hydrogens (tertiary/aromatic N) is 2. The van der Waals surface area contributed by atoms with E-state index in [1.54, 1.807) is 17.0 Å². The molecule has 4 rings (SSSR count). The zero-order valence-electron chi connectivity index (χ0n) is 16.9. The van der Waals surface area contributed by atoms with Gasteiger partial charge in [0.05, 0.1) is 0 Å². The van der Waals surface area contributed by atoms with Crippen molar-refractivity contribution in [2.75, 3.05) is 20.1 Å². The second-order valence-electron chi connectivity index (χ2n) is 8.18. The first-order chi connectivity index (χ1) is 14.1. The molecule has 152 valence electrons. The Morgan fingerprint density at radius 1 is 1.07 bits per heavy atom. The highest BCUT2D eigenvalue weighted by molar-refractivity contribution is 5.94. The molecule has 2 amide bonds. The molecule has 0 aromatic heterocycles. The molecule has 0 N–H and O–H groups in total. The quantitative estimate of drug-likeness (QED) is 0.735. The fourth-order valence-electron chi connectivity index (χ4n) is 4.51. The number of hydrogen-bond acceptors (Lipinski definition) is 3. The van der Waals surface area contributed by atoms with Crippen LogP contribution in [0.15, 0.2) is 54.6 Å². The molecule has 1 atom stereocenters. The maximum Gasteiger partial charge on any atom is 0.253 e. The largest absolute Gasteiger partial charge is 0.457 e. The molecule has 0 bridgehead atoms. The molecule has 5 nitrogen and oxygen atoms in total. The van der Waals surface area contributed by atoms with Crippen LogP contribution in [-0.4, -0.2) is 47.8 Å². The summed E-state index contributed by atoms with van der Waals surface area (Å²) in [4.78, 5) is 29.1. The topological polar surface area (TPSA) is 49.9 Å². The second-order valence-corrected chi connectivity index (χ2v) is 8.18. The van der Waals surface area contributed by atoms with Crippen molar-refractivity contribution in [1.82, 2.24) is 9.80 Å². The smallest absolute Gasteiger partial charge is 0.253 e. The highest BCUT2D eigenvalue weighted by Gasteiger charge is 2.36. The lowest BCUT2D eigenvalue weighted by Crippen LogP contribution is -2.36. The molecule has 1 saturated heterocycles. The Morgan fingerprint density at radius 2 is 1.79 bits per heavy atom. The fraction of sp³-hybridized carbons (Fsp3) is 0.417. The summed E-state index contributed by atoms with van der Waals surface area (Å²) in [6.07, 6.45) is 5.24. The minimum atomic E-state index is -0.0460. The number of hydrogen-bond donors (Lipinski definition) is 0. The summed E-state index contributed by atoms with van der Waals surface area (Å²) >= 11 is 0. The third-order valence-electron chi connectivity index (χ3n) is 5.94. The Kier molecular flexibility index (Phi) is 5.84. The van der Waals surface area contributed by atoms with E-state index in [1.165, 1.54) is 12.8 Å². The number of likely N-dealkylation sites (tertiary alicyclic amines) is 1. The Morgan fingerprint density at radius 3 is 2.55 bits per heavy atom. The molecular formula is C24H28N2O3. The van der Waals surface area contributed by atoms with Gasteiger partial charge in [-0.05, 0) is 43.2 Å². The Hall–Kier alpha value is -2.82. The van der Waals surface area contributed by atoms with Crippen LogP contribution in [0.2, 0.25) is 0 Å². The minimum absolute atomic E-state index is 0.0460. The first-order valence-corrected chi connectivity index (χ1v) is 10.5. The third kappa shape index (κ3) is 4.61. The number of para-hydroxylation sites is 1. The molecule has 1 heterocycles. The van der Waals surface area contributed by atoms with Gasteiger partial charge in [0.2, 0.25) is 5.91 Å². The second kappa shape index (κ2) is 8.68. The van der Waals surface area contributed by atoms with Crippen LogP contribution in [0.25, 0.3) is 0 Å². The first-order valence-electron chi connectivity index (χ1n) is 10.5. The molecule has 0 spiro atoms. The Bertz CT molecular complexity index is 861. The zero-order valence-corrected chi connectivity index (χ0v) is 16.9. The summed E-state index contributed by atoms with van der Waals surface area (Å²) < 4.78 is 5.85. The van der Waals surface area contributed by atoms with Gasteiger partial charge in [-0.2, -0.15) is 0 Å². The average Bonchev–Trinajstić information content (AvgIpc) is 3.38. The van der Waals surface area contributed by atoms with Crippen LogP contribution in [0.5, 0.6) is 11.5 Å². The lowest BCUT2D eigenvalue weighted by atomic mass is 10.1. The number of rotatable bonds is 6. The van der Waals surface area contributed by atoms with E-state index in [2.05, 4.69) is 4.90 Å². The van der Waals surface area contributed by atoms with Gasteiger partial charge in [0.25, 0.3) is 5.91 Å². The molecular weight excluding hydrogens is 364 g/mol. The van der Waals surface area contributed by atoms with Crippen molar-refractivity contribution in [2.24, 2.45) is 5.92 Å².